The van der Waals surface area contributed by atoms with Crippen molar-refractivity contribution in [1.82, 2.24) is 0 Å². The molecule has 2 heterocycles. The second kappa shape index (κ2) is 9.69. The van der Waals surface area contributed by atoms with Gasteiger partial charge in [-0.1, -0.05) is 32.1 Å². The predicted molar refractivity (Wildman–Crippen MR) is 49.3 cm³/mol. The van der Waals surface area contributed by atoms with Crippen LogP contribution in [-0.2, 0) is 21.1 Å². The Morgan fingerprint density at radius 3 is 1.00 bits per heavy atom. The SMILES string of the molecule is C1CC[N-]C1.C1CC[N-]CC1.[Mo+2]. The summed E-state index contributed by atoms with van der Waals surface area (Å²) in [6, 6.07) is 0. The van der Waals surface area contributed by atoms with Crippen LogP contribution in [0.25, 0.3) is 10.6 Å². The van der Waals surface area contributed by atoms with Gasteiger partial charge in [0.1, 0.15) is 0 Å². The van der Waals surface area contributed by atoms with Crippen molar-refractivity contribution in [2.24, 2.45) is 0 Å². The second-order valence-corrected chi connectivity index (χ2v) is 3.11. The summed E-state index contributed by atoms with van der Waals surface area (Å²) in [7, 11) is 0. The van der Waals surface area contributed by atoms with E-state index in [1.165, 1.54) is 32.1 Å². The number of piperidine rings is 1. The Kier molecular flexibility index (Phi) is 10.2. The van der Waals surface area contributed by atoms with E-state index in [-0.39, 0.29) is 21.1 Å². The zero-order valence-corrected chi connectivity index (χ0v) is 9.67. The Labute approximate surface area is 90.1 Å². The zero-order valence-electron chi connectivity index (χ0n) is 7.67. The molecule has 2 nitrogen and oxygen atoms in total. The summed E-state index contributed by atoms with van der Waals surface area (Å²) < 4.78 is 0. The Morgan fingerprint density at radius 1 is 0.500 bits per heavy atom. The molecule has 0 aromatic rings. The summed E-state index contributed by atoms with van der Waals surface area (Å²) >= 11 is 0. The fourth-order valence-corrected chi connectivity index (χ4v) is 1.29. The molecule has 12 heavy (non-hydrogen) atoms. The van der Waals surface area contributed by atoms with Gasteiger partial charge in [0.05, 0.1) is 0 Å². The molecule has 0 bridgehead atoms. The second-order valence-electron chi connectivity index (χ2n) is 3.11. The summed E-state index contributed by atoms with van der Waals surface area (Å²) in [5, 5.41) is 8.26. The van der Waals surface area contributed by atoms with Crippen molar-refractivity contribution in [2.75, 3.05) is 26.2 Å². The molecule has 0 aromatic heterocycles. The molecule has 0 radical (unpaired) electrons. The summed E-state index contributed by atoms with van der Waals surface area (Å²) in [5.41, 5.74) is 0. The molecule has 2 fully saturated rings. The molecule has 3 heteroatoms. The number of hydrogen-bond acceptors (Lipinski definition) is 0. The van der Waals surface area contributed by atoms with Crippen molar-refractivity contribution < 1.29 is 21.1 Å². The van der Waals surface area contributed by atoms with Gasteiger partial charge in [0.15, 0.2) is 0 Å². The average Bonchev–Trinajstić information content (AvgIpc) is 2.64. The molecular formula is C9H18MoN2. The van der Waals surface area contributed by atoms with Crippen molar-refractivity contribution in [3.63, 3.8) is 0 Å². The number of hydrogen-bond donors (Lipinski definition) is 0. The molecule has 2 aliphatic rings. The van der Waals surface area contributed by atoms with Gasteiger partial charge in [-0.3, -0.25) is 0 Å². The Morgan fingerprint density at radius 2 is 0.833 bits per heavy atom. The van der Waals surface area contributed by atoms with Gasteiger partial charge in [0.25, 0.3) is 0 Å². The van der Waals surface area contributed by atoms with Crippen LogP contribution in [0.15, 0.2) is 0 Å². The number of rotatable bonds is 0. The van der Waals surface area contributed by atoms with Crippen LogP contribution in [0.3, 0.4) is 0 Å². The average molecular weight is 250 g/mol. The molecule has 0 N–H and O–H groups in total. The molecule has 0 saturated carbocycles. The maximum atomic E-state index is 4.18. The maximum absolute atomic E-state index is 4.18. The van der Waals surface area contributed by atoms with E-state index in [0.29, 0.717) is 0 Å². The Hall–Kier alpha value is 0.608. The van der Waals surface area contributed by atoms with Crippen LogP contribution in [0.2, 0.25) is 0 Å². The van der Waals surface area contributed by atoms with E-state index in [2.05, 4.69) is 10.6 Å². The van der Waals surface area contributed by atoms with Crippen molar-refractivity contribution in [3.8, 4) is 0 Å². The first-order valence-electron chi connectivity index (χ1n) is 4.76. The smallest absolute Gasteiger partial charge is 0.662 e. The molecule has 2 saturated heterocycles. The molecule has 0 spiro atoms. The summed E-state index contributed by atoms with van der Waals surface area (Å²) in [6.45, 7) is 4.50. The standard InChI is InChI=1S/C5H10N.C4H8N.Mo/c1-2-4-6-5-3-1;1-2-4-5-3-1;/h1-5H2;1-4H2;/q2*-1;+2. The first-order valence-corrected chi connectivity index (χ1v) is 4.76. The molecule has 0 unspecified atom stereocenters. The van der Waals surface area contributed by atoms with Gasteiger partial charge >= 0.3 is 21.1 Å². The summed E-state index contributed by atoms with van der Waals surface area (Å²) in [5.74, 6) is 0. The quantitative estimate of drug-likeness (QED) is 0.591. The van der Waals surface area contributed by atoms with Crippen LogP contribution >= 0.6 is 0 Å². The van der Waals surface area contributed by atoms with E-state index < -0.39 is 0 Å². The van der Waals surface area contributed by atoms with Crippen LogP contribution in [0.1, 0.15) is 32.1 Å². The fraction of sp³-hybridized carbons (Fsp3) is 1.00. The molecule has 0 amide bonds. The largest absolute Gasteiger partial charge is 2.00 e. The minimum absolute atomic E-state index is 0. The minimum atomic E-state index is 0. The van der Waals surface area contributed by atoms with Crippen LogP contribution in [0.5, 0.6) is 0 Å². The fourth-order valence-electron chi connectivity index (χ4n) is 1.29. The van der Waals surface area contributed by atoms with Gasteiger partial charge in [-0.25, -0.2) is 0 Å². The van der Waals surface area contributed by atoms with E-state index in [1.807, 2.05) is 0 Å². The minimum Gasteiger partial charge on any atom is -0.662 e. The first-order chi connectivity index (χ1) is 5.50. The van der Waals surface area contributed by atoms with Crippen molar-refractivity contribution >= 4 is 0 Å². The summed E-state index contributed by atoms with van der Waals surface area (Å²) in [6.07, 6.45) is 6.74. The third-order valence-electron chi connectivity index (χ3n) is 2.01. The van der Waals surface area contributed by atoms with E-state index in [4.69, 9.17) is 0 Å². The molecule has 0 aromatic carbocycles. The van der Waals surface area contributed by atoms with Gasteiger partial charge in [-0.15, -0.1) is 26.2 Å². The Bertz CT molecular complexity index is 61.5. The first kappa shape index (κ1) is 12.6. The third kappa shape index (κ3) is 7.27. The topological polar surface area (TPSA) is 28.2 Å². The molecule has 2 rings (SSSR count). The van der Waals surface area contributed by atoms with Gasteiger partial charge in [-0.2, -0.15) is 0 Å². The van der Waals surface area contributed by atoms with Crippen molar-refractivity contribution in [2.45, 2.75) is 32.1 Å². The predicted octanol–water partition coefficient (Wildman–Crippen LogP) is 2.70. The van der Waals surface area contributed by atoms with Gasteiger partial charge < -0.3 is 10.6 Å². The monoisotopic (exact) mass is 252 g/mol. The molecule has 0 atom stereocenters. The van der Waals surface area contributed by atoms with E-state index in [9.17, 15) is 0 Å². The zero-order chi connectivity index (χ0) is 7.78. The van der Waals surface area contributed by atoms with E-state index in [1.54, 1.807) is 0 Å². The van der Waals surface area contributed by atoms with E-state index >= 15 is 0 Å². The Balaban J connectivity index is 0.000000189. The van der Waals surface area contributed by atoms with Crippen LogP contribution in [0.4, 0.5) is 0 Å². The maximum Gasteiger partial charge on any atom is 2.00 e. The van der Waals surface area contributed by atoms with Gasteiger partial charge in [0, 0.05) is 0 Å². The molecular weight excluding hydrogens is 232 g/mol. The van der Waals surface area contributed by atoms with E-state index in [0.717, 1.165) is 26.2 Å². The van der Waals surface area contributed by atoms with Crippen molar-refractivity contribution in [1.29, 1.82) is 0 Å². The van der Waals surface area contributed by atoms with Gasteiger partial charge in [-0.05, 0) is 0 Å². The van der Waals surface area contributed by atoms with Gasteiger partial charge in [0.2, 0.25) is 0 Å². The molecule has 70 valence electrons. The summed E-state index contributed by atoms with van der Waals surface area (Å²) in [4.78, 5) is 0. The van der Waals surface area contributed by atoms with Crippen LogP contribution < -0.4 is 0 Å². The molecule has 2 aliphatic heterocycles. The van der Waals surface area contributed by atoms with Crippen molar-refractivity contribution in [3.05, 3.63) is 10.6 Å². The van der Waals surface area contributed by atoms with Crippen LogP contribution in [-0.4, -0.2) is 26.2 Å². The normalized spacial score (nSPS) is 22.0. The molecule has 0 aliphatic carbocycles. The third-order valence-corrected chi connectivity index (χ3v) is 2.01. The van der Waals surface area contributed by atoms with Crippen LogP contribution in [0, 0.1) is 0 Å². The number of nitrogens with zero attached hydrogens (tertiary/aromatic N) is 2.